The third kappa shape index (κ3) is 4.55. The van der Waals surface area contributed by atoms with E-state index in [1.54, 1.807) is 13.3 Å². The van der Waals surface area contributed by atoms with Crippen LogP contribution in [0.5, 0.6) is 0 Å². The van der Waals surface area contributed by atoms with Crippen LogP contribution in [0, 0.1) is 0 Å². The van der Waals surface area contributed by atoms with Crippen molar-refractivity contribution in [2.24, 2.45) is 0 Å². The standard InChI is InChI=1S/C15H27N3O3S/c1-3-4-9-17(2)22(19,20)16-13-14(15-8-7-12-21-15)18-10-5-6-11-18/h7-8,12,14,16H,3-6,9-11,13H2,1-2H3. The molecular formula is C15H27N3O3S. The van der Waals surface area contributed by atoms with Crippen LogP contribution in [0.25, 0.3) is 0 Å². The van der Waals surface area contributed by atoms with Gasteiger partial charge in [-0.3, -0.25) is 4.90 Å². The second kappa shape index (κ2) is 8.10. The first-order valence-electron chi connectivity index (χ1n) is 8.03. The monoisotopic (exact) mass is 329 g/mol. The van der Waals surface area contributed by atoms with E-state index in [1.807, 2.05) is 19.1 Å². The van der Waals surface area contributed by atoms with Gasteiger partial charge in [0.15, 0.2) is 0 Å². The molecular weight excluding hydrogens is 302 g/mol. The van der Waals surface area contributed by atoms with Crippen LogP contribution in [0.1, 0.15) is 44.4 Å². The summed E-state index contributed by atoms with van der Waals surface area (Å²) in [5, 5.41) is 0. The van der Waals surface area contributed by atoms with Gasteiger partial charge in [0.2, 0.25) is 0 Å². The maximum absolute atomic E-state index is 12.3. The molecule has 7 heteroatoms. The second-order valence-corrected chi connectivity index (χ2v) is 7.67. The Labute approximate surface area is 133 Å². The second-order valence-electron chi connectivity index (χ2n) is 5.80. The Kier molecular flexibility index (Phi) is 6.43. The molecule has 1 aromatic rings. The molecule has 2 heterocycles. The van der Waals surface area contributed by atoms with Crippen molar-refractivity contribution >= 4 is 10.2 Å². The Balaban J connectivity index is 1.99. The molecule has 1 atom stereocenters. The fraction of sp³-hybridized carbons (Fsp3) is 0.733. The number of hydrogen-bond acceptors (Lipinski definition) is 4. The lowest BCUT2D eigenvalue weighted by Gasteiger charge is -2.27. The third-order valence-corrected chi connectivity index (χ3v) is 5.68. The Bertz CT molecular complexity index is 524. The molecule has 1 saturated heterocycles. The number of rotatable bonds is 9. The Hall–Kier alpha value is -0.890. The van der Waals surface area contributed by atoms with Gasteiger partial charge in [0.05, 0.1) is 12.3 Å². The summed E-state index contributed by atoms with van der Waals surface area (Å²) in [5.41, 5.74) is 0. The fourth-order valence-corrected chi connectivity index (χ4v) is 3.70. The lowest BCUT2D eigenvalue weighted by atomic mass is 10.2. The van der Waals surface area contributed by atoms with Crippen molar-refractivity contribution < 1.29 is 12.8 Å². The quantitative estimate of drug-likeness (QED) is 0.752. The largest absolute Gasteiger partial charge is 0.468 e. The van der Waals surface area contributed by atoms with Crippen molar-refractivity contribution in [2.75, 3.05) is 33.2 Å². The fourth-order valence-electron chi connectivity index (χ4n) is 2.74. The predicted octanol–water partition coefficient (Wildman–Crippen LogP) is 1.98. The molecule has 1 fully saturated rings. The van der Waals surface area contributed by atoms with Crippen LogP contribution in [0.4, 0.5) is 0 Å². The molecule has 1 aromatic heterocycles. The molecule has 1 aliphatic rings. The smallest absolute Gasteiger partial charge is 0.279 e. The molecule has 1 aliphatic heterocycles. The number of unbranched alkanes of at least 4 members (excludes halogenated alkanes) is 1. The molecule has 0 saturated carbocycles. The molecule has 0 bridgehead atoms. The summed E-state index contributed by atoms with van der Waals surface area (Å²) >= 11 is 0. The van der Waals surface area contributed by atoms with Crippen LogP contribution in [-0.2, 0) is 10.2 Å². The number of likely N-dealkylation sites (tertiary alicyclic amines) is 1. The minimum atomic E-state index is -3.43. The Morgan fingerprint density at radius 1 is 1.41 bits per heavy atom. The van der Waals surface area contributed by atoms with Crippen molar-refractivity contribution in [3.63, 3.8) is 0 Å². The maximum Gasteiger partial charge on any atom is 0.279 e. The van der Waals surface area contributed by atoms with E-state index in [0.29, 0.717) is 13.1 Å². The van der Waals surface area contributed by atoms with Gasteiger partial charge in [-0.1, -0.05) is 13.3 Å². The highest BCUT2D eigenvalue weighted by molar-refractivity contribution is 7.87. The van der Waals surface area contributed by atoms with E-state index in [9.17, 15) is 8.42 Å². The van der Waals surface area contributed by atoms with E-state index in [2.05, 4.69) is 9.62 Å². The summed E-state index contributed by atoms with van der Waals surface area (Å²) in [6.07, 6.45) is 5.79. The first-order valence-corrected chi connectivity index (χ1v) is 9.47. The van der Waals surface area contributed by atoms with Crippen LogP contribution in [0.15, 0.2) is 22.8 Å². The zero-order chi connectivity index (χ0) is 16.0. The highest BCUT2D eigenvalue weighted by atomic mass is 32.2. The summed E-state index contributed by atoms with van der Waals surface area (Å²) < 4.78 is 34.2. The minimum absolute atomic E-state index is 0.0353. The average Bonchev–Trinajstić information content (AvgIpc) is 3.18. The van der Waals surface area contributed by atoms with Gasteiger partial charge in [0, 0.05) is 20.1 Å². The lowest BCUT2D eigenvalue weighted by Crippen LogP contribution is -2.43. The first-order chi connectivity index (χ1) is 10.5. The van der Waals surface area contributed by atoms with Crippen LogP contribution >= 0.6 is 0 Å². The maximum atomic E-state index is 12.3. The predicted molar refractivity (Wildman–Crippen MR) is 86.7 cm³/mol. The van der Waals surface area contributed by atoms with Gasteiger partial charge in [-0.15, -0.1) is 0 Å². The van der Waals surface area contributed by atoms with Crippen molar-refractivity contribution in [1.82, 2.24) is 13.9 Å². The molecule has 0 radical (unpaired) electrons. The van der Waals surface area contributed by atoms with Gasteiger partial charge in [-0.2, -0.15) is 12.7 Å². The number of hydrogen-bond donors (Lipinski definition) is 1. The number of furan rings is 1. The summed E-state index contributed by atoms with van der Waals surface area (Å²) in [7, 11) is -1.81. The van der Waals surface area contributed by atoms with Gasteiger partial charge in [-0.05, 0) is 44.5 Å². The number of nitrogens with one attached hydrogen (secondary N) is 1. The van der Waals surface area contributed by atoms with E-state index in [-0.39, 0.29) is 6.04 Å². The van der Waals surface area contributed by atoms with Gasteiger partial charge in [-0.25, -0.2) is 4.72 Å². The molecule has 6 nitrogen and oxygen atoms in total. The summed E-state index contributed by atoms with van der Waals surface area (Å²) in [5.74, 6) is 0.820. The molecule has 2 rings (SSSR count). The Morgan fingerprint density at radius 3 is 2.73 bits per heavy atom. The minimum Gasteiger partial charge on any atom is -0.468 e. The highest BCUT2D eigenvalue weighted by Gasteiger charge is 2.27. The third-order valence-electron chi connectivity index (χ3n) is 4.15. The van der Waals surface area contributed by atoms with Gasteiger partial charge in [0.25, 0.3) is 10.2 Å². The molecule has 0 amide bonds. The summed E-state index contributed by atoms with van der Waals surface area (Å²) in [6, 6.07) is 3.73. The summed E-state index contributed by atoms with van der Waals surface area (Å²) in [6.45, 7) is 4.90. The molecule has 1 unspecified atom stereocenters. The van der Waals surface area contributed by atoms with E-state index in [0.717, 1.165) is 44.5 Å². The lowest BCUT2D eigenvalue weighted by molar-refractivity contribution is 0.215. The van der Waals surface area contributed by atoms with Crippen molar-refractivity contribution in [2.45, 2.75) is 38.6 Å². The van der Waals surface area contributed by atoms with Crippen molar-refractivity contribution in [1.29, 1.82) is 0 Å². The van der Waals surface area contributed by atoms with E-state index >= 15 is 0 Å². The number of nitrogens with zero attached hydrogens (tertiary/aromatic N) is 2. The average molecular weight is 329 g/mol. The topological polar surface area (TPSA) is 65.8 Å². The molecule has 0 aliphatic carbocycles. The van der Waals surface area contributed by atoms with Crippen LogP contribution in [0.3, 0.4) is 0 Å². The van der Waals surface area contributed by atoms with E-state index in [4.69, 9.17) is 4.42 Å². The molecule has 0 spiro atoms. The van der Waals surface area contributed by atoms with Gasteiger partial charge < -0.3 is 4.42 Å². The van der Waals surface area contributed by atoms with E-state index < -0.39 is 10.2 Å². The molecule has 0 aromatic carbocycles. The first kappa shape index (κ1) is 17.5. The summed E-state index contributed by atoms with van der Waals surface area (Å²) in [4.78, 5) is 2.29. The van der Waals surface area contributed by atoms with Crippen LogP contribution < -0.4 is 4.72 Å². The SMILES string of the molecule is CCCCN(C)S(=O)(=O)NCC(c1ccco1)N1CCCC1. The Morgan fingerprint density at radius 2 is 2.14 bits per heavy atom. The molecule has 22 heavy (non-hydrogen) atoms. The van der Waals surface area contributed by atoms with Crippen molar-refractivity contribution in [3.05, 3.63) is 24.2 Å². The van der Waals surface area contributed by atoms with Crippen LogP contribution in [-0.4, -0.2) is 50.8 Å². The zero-order valence-electron chi connectivity index (χ0n) is 13.5. The van der Waals surface area contributed by atoms with E-state index in [1.165, 1.54) is 4.31 Å². The van der Waals surface area contributed by atoms with Crippen LogP contribution in [0.2, 0.25) is 0 Å². The molecule has 1 N–H and O–H groups in total. The highest BCUT2D eigenvalue weighted by Crippen LogP contribution is 2.25. The van der Waals surface area contributed by atoms with Crippen molar-refractivity contribution in [3.8, 4) is 0 Å². The normalized spacial score (nSPS) is 18.1. The molecule has 126 valence electrons. The zero-order valence-corrected chi connectivity index (χ0v) is 14.3. The van der Waals surface area contributed by atoms with Gasteiger partial charge >= 0.3 is 0 Å². The van der Waals surface area contributed by atoms with Gasteiger partial charge in [0.1, 0.15) is 5.76 Å².